The number of benzene rings is 1. The molecule has 1 saturated heterocycles. The van der Waals surface area contributed by atoms with Crippen LogP contribution >= 0.6 is 0 Å². The SMILES string of the molecule is CCCN1CCN(C(C(=O)O)c2ccc(N(C)C)cc2)CC1. The van der Waals surface area contributed by atoms with Gasteiger partial charge in [-0.2, -0.15) is 0 Å². The number of carboxylic acid groups (broad SMARTS) is 1. The van der Waals surface area contributed by atoms with Crippen molar-refractivity contribution in [3.8, 4) is 0 Å². The van der Waals surface area contributed by atoms with Crippen LogP contribution in [0.25, 0.3) is 0 Å². The first kappa shape index (κ1) is 16.8. The summed E-state index contributed by atoms with van der Waals surface area (Å²) in [4.78, 5) is 18.3. The molecule has 5 heteroatoms. The lowest BCUT2D eigenvalue weighted by Crippen LogP contribution is -2.49. The monoisotopic (exact) mass is 305 g/mol. The molecular weight excluding hydrogens is 278 g/mol. The van der Waals surface area contributed by atoms with Gasteiger partial charge in [-0.25, -0.2) is 0 Å². The van der Waals surface area contributed by atoms with Gasteiger partial charge in [0.25, 0.3) is 0 Å². The first-order valence-corrected chi connectivity index (χ1v) is 7.99. The Morgan fingerprint density at radius 2 is 1.77 bits per heavy atom. The van der Waals surface area contributed by atoms with Gasteiger partial charge in [-0.05, 0) is 30.7 Å². The second kappa shape index (κ2) is 7.61. The lowest BCUT2D eigenvalue weighted by atomic mass is 10.0. The number of anilines is 1. The third-order valence-electron chi connectivity index (χ3n) is 4.27. The molecular formula is C17H27N3O2. The van der Waals surface area contributed by atoms with Gasteiger partial charge in [0.1, 0.15) is 6.04 Å². The topological polar surface area (TPSA) is 47.0 Å². The molecule has 22 heavy (non-hydrogen) atoms. The molecule has 1 aromatic carbocycles. The fraction of sp³-hybridized carbons (Fsp3) is 0.588. The van der Waals surface area contributed by atoms with Gasteiger partial charge < -0.3 is 14.9 Å². The molecule has 1 aliphatic rings. The Kier molecular flexibility index (Phi) is 5.80. The molecule has 0 aromatic heterocycles. The maximum Gasteiger partial charge on any atom is 0.325 e. The highest BCUT2D eigenvalue weighted by Gasteiger charge is 2.30. The van der Waals surface area contributed by atoms with E-state index in [2.05, 4.69) is 16.7 Å². The molecule has 0 amide bonds. The number of hydrogen-bond acceptors (Lipinski definition) is 4. The molecule has 1 N–H and O–H groups in total. The van der Waals surface area contributed by atoms with Crippen molar-refractivity contribution in [2.24, 2.45) is 0 Å². The van der Waals surface area contributed by atoms with E-state index in [-0.39, 0.29) is 0 Å². The van der Waals surface area contributed by atoms with E-state index in [1.807, 2.05) is 43.3 Å². The Bertz CT molecular complexity index is 479. The highest BCUT2D eigenvalue weighted by Crippen LogP contribution is 2.24. The van der Waals surface area contributed by atoms with Gasteiger partial charge in [-0.15, -0.1) is 0 Å². The molecule has 1 unspecified atom stereocenters. The first-order valence-electron chi connectivity index (χ1n) is 7.99. The third-order valence-corrected chi connectivity index (χ3v) is 4.27. The van der Waals surface area contributed by atoms with Crippen LogP contribution in [0.3, 0.4) is 0 Å². The minimum atomic E-state index is -0.762. The van der Waals surface area contributed by atoms with Crippen molar-refractivity contribution >= 4 is 11.7 Å². The summed E-state index contributed by atoms with van der Waals surface area (Å²) >= 11 is 0. The van der Waals surface area contributed by atoms with Gasteiger partial charge in [-0.3, -0.25) is 9.69 Å². The van der Waals surface area contributed by atoms with Crippen LogP contribution in [0.4, 0.5) is 5.69 Å². The summed E-state index contributed by atoms with van der Waals surface area (Å²) < 4.78 is 0. The van der Waals surface area contributed by atoms with Crippen molar-refractivity contribution in [2.75, 3.05) is 51.7 Å². The van der Waals surface area contributed by atoms with Gasteiger partial charge >= 0.3 is 5.97 Å². The average Bonchev–Trinajstić information content (AvgIpc) is 2.50. The first-order chi connectivity index (χ1) is 10.5. The van der Waals surface area contributed by atoms with Crippen molar-refractivity contribution < 1.29 is 9.90 Å². The van der Waals surface area contributed by atoms with E-state index in [1.165, 1.54) is 0 Å². The predicted molar refractivity (Wildman–Crippen MR) is 89.4 cm³/mol. The molecule has 1 fully saturated rings. The van der Waals surface area contributed by atoms with Gasteiger partial charge in [0.2, 0.25) is 0 Å². The van der Waals surface area contributed by atoms with Crippen molar-refractivity contribution in [3.05, 3.63) is 29.8 Å². The van der Waals surface area contributed by atoms with Gasteiger partial charge in [0.15, 0.2) is 0 Å². The molecule has 1 aromatic rings. The maximum atomic E-state index is 11.8. The maximum absolute atomic E-state index is 11.8. The fourth-order valence-electron chi connectivity index (χ4n) is 3.03. The lowest BCUT2D eigenvalue weighted by molar-refractivity contribution is -0.144. The summed E-state index contributed by atoms with van der Waals surface area (Å²) in [5.41, 5.74) is 1.95. The zero-order valence-electron chi connectivity index (χ0n) is 13.8. The fourth-order valence-corrected chi connectivity index (χ4v) is 3.03. The molecule has 0 radical (unpaired) electrons. The molecule has 0 saturated carbocycles. The molecule has 0 bridgehead atoms. The number of aliphatic carboxylic acids is 1. The molecule has 1 atom stereocenters. The van der Waals surface area contributed by atoms with Crippen LogP contribution in [0.5, 0.6) is 0 Å². The molecule has 1 aliphatic heterocycles. The van der Waals surface area contributed by atoms with Crippen LogP contribution < -0.4 is 4.90 Å². The Hall–Kier alpha value is -1.59. The van der Waals surface area contributed by atoms with Gasteiger partial charge in [0.05, 0.1) is 0 Å². The van der Waals surface area contributed by atoms with E-state index in [1.54, 1.807) is 0 Å². The van der Waals surface area contributed by atoms with Crippen LogP contribution in [0.15, 0.2) is 24.3 Å². The minimum absolute atomic E-state index is 0.542. The van der Waals surface area contributed by atoms with E-state index in [9.17, 15) is 9.90 Å². The Morgan fingerprint density at radius 3 is 2.23 bits per heavy atom. The van der Waals surface area contributed by atoms with Crippen LogP contribution in [-0.2, 0) is 4.79 Å². The van der Waals surface area contributed by atoms with Crippen molar-refractivity contribution in [2.45, 2.75) is 19.4 Å². The number of nitrogens with zero attached hydrogens (tertiary/aromatic N) is 3. The Labute approximate surface area is 133 Å². The summed E-state index contributed by atoms with van der Waals surface area (Å²) in [6.07, 6.45) is 1.15. The largest absolute Gasteiger partial charge is 0.480 e. The standard InChI is InChI=1S/C17H27N3O2/c1-4-9-19-10-12-20(13-11-19)16(17(21)22)14-5-7-15(8-6-14)18(2)3/h5-8,16H,4,9-13H2,1-3H3,(H,21,22). The molecule has 2 rings (SSSR count). The zero-order chi connectivity index (χ0) is 16.1. The molecule has 1 heterocycles. The van der Waals surface area contributed by atoms with Crippen LogP contribution in [0.2, 0.25) is 0 Å². The third kappa shape index (κ3) is 3.99. The normalized spacial score (nSPS) is 18.1. The lowest BCUT2D eigenvalue weighted by Gasteiger charge is -2.37. The summed E-state index contributed by atoms with van der Waals surface area (Å²) in [5.74, 6) is -0.762. The molecule has 0 aliphatic carbocycles. The smallest absolute Gasteiger partial charge is 0.325 e. The summed E-state index contributed by atoms with van der Waals surface area (Å²) in [6, 6.07) is 7.30. The van der Waals surface area contributed by atoms with E-state index in [0.717, 1.165) is 50.4 Å². The minimum Gasteiger partial charge on any atom is -0.480 e. The zero-order valence-corrected chi connectivity index (χ0v) is 13.8. The molecule has 122 valence electrons. The highest BCUT2D eigenvalue weighted by molar-refractivity contribution is 5.75. The molecule has 0 spiro atoms. The van der Waals surface area contributed by atoms with E-state index >= 15 is 0 Å². The highest BCUT2D eigenvalue weighted by atomic mass is 16.4. The number of rotatable bonds is 6. The van der Waals surface area contributed by atoms with Crippen molar-refractivity contribution in [1.29, 1.82) is 0 Å². The Balaban J connectivity index is 2.09. The number of carbonyl (C=O) groups is 1. The van der Waals surface area contributed by atoms with E-state index in [4.69, 9.17) is 0 Å². The van der Waals surface area contributed by atoms with Crippen LogP contribution in [0.1, 0.15) is 24.9 Å². The predicted octanol–water partition coefficient (Wildman–Crippen LogP) is 1.91. The second-order valence-corrected chi connectivity index (χ2v) is 6.10. The quantitative estimate of drug-likeness (QED) is 0.870. The molecule has 5 nitrogen and oxygen atoms in total. The van der Waals surface area contributed by atoms with Gasteiger partial charge in [-0.1, -0.05) is 19.1 Å². The van der Waals surface area contributed by atoms with E-state index < -0.39 is 12.0 Å². The van der Waals surface area contributed by atoms with Crippen molar-refractivity contribution in [1.82, 2.24) is 9.80 Å². The van der Waals surface area contributed by atoms with E-state index in [0.29, 0.717) is 0 Å². The second-order valence-electron chi connectivity index (χ2n) is 6.10. The number of carboxylic acids is 1. The summed E-state index contributed by atoms with van der Waals surface area (Å²) in [7, 11) is 3.97. The van der Waals surface area contributed by atoms with Crippen LogP contribution in [0, 0.1) is 0 Å². The summed E-state index contributed by atoms with van der Waals surface area (Å²) in [6.45, 7) is 6.81. The Morgan fingerprint density at radius 1 is 1.18 bits per heavy atom. The average molecular weight is 305 g/mol. The van der Waals surface area contributed by atoms with Crippen molar-refractivity contribution in [3.63, 3.8) is 0 Å². The van der Waals surface area contributed by atoms with Crippen LogP contribution in [-0.4, -0.2) is 67.7 Å². The number of hydrogen-bond donors (Lipinski definition) is 1. The number of piperazine rings is 1. The van der Waals surface area contributed by atoms with Gasteiger partial charge in [0, 0.05) is 46.0 Å². The summed E-state index contributed by atoms with van der Waals surface area (Å²) in [5, 5.41) is 9.66.